The zero-order chi connectivity index (χ0) is 29.2. The van der Waals surface area contributed by atoms with Gasteiger partial charge in [-0.3, -0.25) is 0 Å². The summed E-state index contributed by atoms with van der Waals surface area (Å²) < 4.78 is 0. The highest BCUT2D eigenvalue weighted by Crippen LogP contribution is 2.38. The van der Waals surface area contributed by atoms with E-state index in [1.165, 1.54) is 53.7 Å². The van der Waals surface area contributed by atoms with E-state index in [4.69, 9.17) is 0 Å². The average Bonchev–Trinajstić information content (AvgIpc) is 3.07. The van der Waals surface area contributed by atoms with Crippen LogP contribution in [0.3, 0.4) is 0 Å². The van der Waals surface area contributed by atoms with E-state index in [0.717, 1.165) is 0 Å². The molecule has 0 bridgehead atoms. The highest BCUT2D eigenvalue weighted by molar-refractivity contribution is 7.19. The molecule has 0 aliphatic rings. The standard InChI is InChI=1S/C41H35NSi/c1-31(2)42(41-30-32-16-12-13-23-38(32)39-24-14-15-25-40(39)41)33-26-28-37(29-27-33)43(34-17-6-3-7-18-34,35-19-8-4-9-20-35)36-21-10-5-11-22-36/h3-31H,1-2H3. The van der Waals surface area contributed by atoms with E-state index in [0.29, 0.717) is 0 Å². The normalized spacial score (nSPS) is 11.7. The molecule has 7 aromatic carbocycles. The molecule has 0 aromatic heterocycles. The maximum Gasteiger partial charge on any atom is 0.179 e. The van der Waals surface area contributed by atoms with Crippen molar-refractivity contribution in [1.29, 1.82) is 0 Å². The SMILES string of the molecule is CC(C)N(c1ccc([Si](c2ccccc2)(c2ccccc2)c2ccccc2)cc1)c1cc2ccccc2c2ccccc12. The van der Waals surface area contributed by atoms with Gasteiger partial charge in [0.2, 0.25) is 0 Å². The molecule has 0 heterocycles. The van der Waals surface area contributed by atoms with Crippen molar-refractivity contribution in [3.63, 3.8) is 0 Å². The molecule has 0 spiro atoms. The number of anilines is 2. The van der Waals surface area contributed by atoms with Crippen LogP contribution in [0, 0.1) is 0 Å². The van der Waals surface area contributed by atoms with E-state index in [1.54, 1.807) is 0 Å². The van der Waals surface area contributed by atoms with Gasteiger partial charge in [0.1, 0.15) is 0 Å². The Bertz CT molecular complexity index is 1890. The predicted molar refractivity (Wildman–Crippen MR) is 189 cm³/mol. The Kier molecular flexibility index (Phi) is 7.14. The molecule has 0 N–H and O–H groups in total. The Hall–Kier alpha value is -4.92. The third kappa shape index (κ3) is 4.65. The van der Waals surface area contributed by atoms with Gasteiger partial charge in [-0.2, -0.15) is 0 Å². The molecule has 0 aliphatic carbocycles. The first-order chi connectivity index (χ1) is 21.2. The van der Waals surface area contributed by atoms with Crippen LogP contribution in [0.4, 0.5) is 11.4 Å². The second-order valence-electron chi connectivity index (χ2n) is 11.5. The van der Waals surface area contributed by atoms with E-state index in [1.807, 2.05) is 0 Å². The maximum atomic E-state index is 2.50. The largest absolute Gasteiger partial charge is 0.338 e. The third-order valence-corrected chi connectivity index (χ3v) is 13.5. The van der Waals surface area contributed by atoms with E-state index in [2.05, 4.69) is 189 Å². The van der Waals surface area contributed by atoms with E-state index in [-0.39, 0.29) is 6.04 Å². The van der Waals surface area contributed by atoms with Crippen LogP contribution in [0.15, 0.2) is 170 Å². The van der Waals surface area contributed by atoms with Gasteiger partial charge >= 0.3 is 0 Å². The molecule has 7 aromatic rings. The summed E-state index contributed by atoms with van der Waals surface area (Å²) in [7, 11) is -2.56. The Morgan fingerprint density at radius 2 is 0.837 bits per heavy atom. The van der Waals surface area contributed by atoms with Gasteiger partial charge in [0.25, 0.3) is 0 Å². The molecule has 0 amide bonds. The van der Waals surface area contributed by atoms with Gasteiger partial charge in [-0.05, 0) is 69.0 Å². The lowest BCUT2D eigenvalue weighted by Crippen LogP contribution is -2.74. The number of rotatable bonds is 7. The summed E-state index contributed by atoms with van der Waals surface area (Å²) in [5.74, 6) is 0. The summed E-state index contributed by atoms with van der Waals surface area (Å²) >= 11 is 0. The smallest absolute Gasteiger partial charge is 0.179 e. The molecule has 0 aliphatic heterocycles. The van der Waals surface area contributed by atoms with Crippen molar-refractivity contribution in [2.24, 2.45) is 0 Å². The topological polar surface area (TPSA) is 3.24 Å². The van der Waals surface area contributed by atoms with Gasteiger partial charge in [0.15, 0.2) is 8.07 Å². The van der Waals surface area contributed by atoms with Gasteiger partial charge in [0.05, 0.1) is 0 Å². The van der Waals surface area contributed by atoms with Gasteiger partial charge in [-0.15, -0.1) is 0 Å². The lowest BCUT2D eigenvalue weighted by Gasteiger charge is -2.35. The fourth-order valence-corrected chi connectivity index (χ4v) is 11.6. The van der Waals surface area contributed by atoms with Gasteiger partial charge in [0, 0.05) is 22.8 Å². The van der Waals surface area contributed by atoms with E-state index >= 15 is 0 Å². The monoisotopic (exact) mass is 569 g/mol. The highest BCUT2D eigenvalue weighted by Gasteiger charge is 2.41. The minimum atomic E-state index is -2.56. The minimum Gasteiger partial charge on any atom is -0.338 e. The van der Waals surface area contributed by atoms with Crippen molar-refractivity contribution < 1.29 is 0 Å². The molecule has 208 valence electrons. The molecular formula is C41H35NSi. The van der Waals surface area contributed by atoms with Crippen LogP contribution in [0.1, 0.15) is 13.8 Å². The van der Waals surface area contributed by atoms with Crippen molar-refractivity contribution in [1.82, 2.24) is 0 Å². The summed E-state index contributed by atoms with van der Waals surface area (Å²) in [6, 6.07) is 63.1. The molecule has 0 saturated heterocycles. The second-order valence-corrected chi connectivity index (χ2v) is 15.3. The Labute approximate surface area is 255 Å². The molecule has 0 atom stereocenters. The maximum absolute atomic E-state index is 2.56. The molecule has 1 nitrogen and oxygen atoms in total. The highest BCUT2D eigenvalue weighted by atomic mass is 28.3. The van der Waals surface area contributed by atoms with Crippen molar-refractivity contribution in [3.8, 4) is 0 Å². The van der Waals surface area contributed by atoms with Crippen molar-refractivity contribution >= 4 is 61.7 Å². The fourth-order valence-electron chi connectivity index (χ4n) is 6.89. The van der Waals surface area contributed by atoms with E-state index < -0.39 is 8.07 Å². The number of hydrogen-bond donors (Lipinski definition) is 0. The number of fused-ring (bicyclic) bond motifs is 3. The summed E-state index contributed by atoms with van der Waals surface area (Å²) in [5, 5.41) is 10.7. The third-order valence-electron chi connectivity index (χ3n) is 8.72. The van der Waals surface area contributed by atoms with Gasteiger partial charge < -0.3 is 4.90 Å². The number of nitrogens with zero attached hydrogens (tertiary/aromatic N) is 1. The Morgan fingerprint density at radius 3 is 1.35 bits per heavy atom. The van der Waals surface area contributed by atoms with Crippen molar-refractivity contribution in [2.45, 2.75) is 19.9 Å². The van der Waals surface area contributed by atoms with Gasteiger partial charge in [-0.1, -0.05) is 152 Å². The molecular weight excluding hydrogens is 535 g/mol. The van der Waals surface area contributed by atoms with Gasteiger partial charge in [-0.25, -0.2) is 0 Å². The number of hydrogen-bond acceptors (Lipinski definition) is 1. The summed E-state index contributed by atoms with van der Waals surface area (Å²) in [5.41, 5.74) is 2.45. The first-order valence-corrected chi connectivity index (χ1v) is 17.1. The molecule has 0 unspecified atom stereocenters. The van der Waals surface area contributed by atoms with E-state index in [9.17, 15) is 0 Å². The summed E-state index contributed by atoms with van der Waals surface area (Å²) in [6.45, 7) is 4.57. The zero-order valence-corrected chi connectivity index (χ0v) is 25.7. The second kappa shape index (κ2) is 11.4. The van der Waals surface area contributed by atoms with Crippen molar-refractivity contribution in [2.75, 3.05) is 4.90 Å². The lowest BCUT2D eigenvalue weighted by atomic mass is 9.99. The number of benzene rings is 7. The van der Waals surface area contributed by atoms with Crippen LogP contribution in [-0.2, 0) is 0 Å². The minimum absolute atomic E-state index is 0.273. The fraction of sp³-hybridized carbons (Fsp3) is 0.0732. The summed E-state index contributed by atoms with van der Waals surface area (Å²) in [6.07, 6.45) is 0. The van der Waals surface area contributed by atoms with Crippen LogP contribution in [0.25, 0.3) is 21.5 Å². The van der Waals surface area contributed by atoms with Crippen molar-refractivity contribution in [3.05, 3.63) is 170 Å². The Balaban J connectivity index is 1.44. The predicted octanol–water partition coefficient (Wildman–Crippen LogP) is 7.92. The molecule has 7 rings (SSSR count). The van der Waals surface area contributed by atoms with Crippen LogP contribution >= 0.6 is 0 Å². The molecule has 0 radical (unpaired) electrons. The first kappa shape index (κ1) is 26.9. The lowest BCUT2D eigenvalue weighted by molar-refractivity contribution is 0.792. The molecule has 0 fully saturated rings. The molecule has 2 heteroatoms. The summed E-state index contributed by atoms with van der Waals surface area (Å²) in [4.78, 5) is 2.50. The average molecular weight is 570 g/mol. The molecule has 43 heavy (non-hydrogen) atoms. The van der Waals surface area contributed by atoms with Crippen LogP contribution in [0.2, 0.25) is 0 Å². The molecule has 0 saturated carbocycles. The van der Waals surface area contributed by atoms with Crippen LogP contribution in [0.5, 0.6) is 0 Å². The quantitative estimate of drug-likeness (QED) is 0.107. The van der Waals surface area contributed by atoms with Crippen LogP contribution in [-0.4, -0.2) is 14.1 Å². The first-order valence-electron chi connectivity index (χ1n) is 15.1. The van der Waals surface area contributed by atoms with Crippen LogP contribution < -0.4 is 25.6 Å². The zero-order valence-electron chi connectivity index (χ0n) is 24.7. The Morgan fingerprint density at radius 1 is 0.419 bits per heavy atom.